The largest absolute Gasteiger partial charge is 0.266 e. The first kappa shape index (κ1) is 13.0. The number of hydrogen-bond acceptors (Lipinski definition) is 3. The lowest BCUT2D eigenvalue weighted by atomic mass is 10.3. The molecular formula is C6H4ClF2IN2O2S. The summed E-state index contributed by atoms with van der Waals surface area (Å²) < 4.78 is 46.7. The fourth-order valence-corrected chi connectivity index (χ4v) is 3.07. The molecule has 0 amide bonds. The topological polar surface area (TPSA) is 73.1 Å². The summed E-state index contributed by atoms with van der Waals surface area (Å²) in [4.78, 5) is 3.02. The van der Waals surface area contributed by atoms with Crippen LogP contribution in [0.5, 0.6) is 0 Å². The van der Waals surface area contributed by atoms with Crippen molar-refractivity contribution in [2.75, 3.05) is 0 Å². The van der Waals surface area contributed by atoms with E-state index in [1.165, 1.54) is 0 Å². The number of hydrogen-bond donors (Lipinski definition) is 1. The number of aromatic nitrogens is 1. The van der Waals surface area contributed by atoms with Crippen molar-refractivity contribution in [3.63, 3.8) is 0 Å². The number of nitrogens with two attached hydrogens (primary N) is 1. The number of halogens is 4. The summed E-state index contributed by atoms with van der Waals surface area (Å²) in [6, 6.07) is 0.733. The average Bonchev–Trinajstić information content (AvgIpc) is 2.00. The number of pyridine rings is 1. The van der Waals surface area contributed by atoms with Crippen molar-refractivity contribution in [3.8, 4) is 0 Å². The fraction of sp³-hybridized carbons (Fsp3) is 0.167. The van der Waals surface area contributed by atoms with E-state index >= 15 is 0 Å². The van der Waals surface area contributed by atoms with E-state index in [4.69, 9.17) is 16.7 Å². The molecule has 0 unspecified atom stereocenters. The molecule has 0 aromatic carbocycles. The highest BCUT2D eigenvalue weighted by atomic mass is 127. The molecule has 4 nitrogen and oxygen atoms in total. The average molecular weight is 369 g/mol. The Balaban J connectivity index is 3.50. The predicted octanol–water partition coefficient (Wildman–Crippen LogP) is 1.92. The minimum Gasteiger partial charge on any atom is -0.228 e. The van der Waals surface area contributed by atoms with Crippen LogP contribution >= 0.6 is 34.2 Å². The van der Waals surface area contributed by atoms with Gasteiger partial charge in [-0.15, -0.1) is 0 Å². The Hall–Kier alpha value is -0.0600. The van der Waals surface area contributed by atoms with Gasteiger partial charge in [0.15, 0.2) is 0 Å². The van der Waals surface area contributed by atoms with Crippen molar-refractivity contribution in [1.29, 1.82) is 0 Å². The maximum absolute atomic E-state index is 12.4. The summed E-state index contributed by atoms with van der Waals surface area (Å²) >= 11 is 6.97. The van der Waals surface area contributed by atoms with Crippen molar-refractivity contribution in [1.82, 2.24) is 4.98 Å². The Kier molecular flexibility index (Phi) is 3.85. The first-order valence-corrected chi connectivity index (χ1v) is 6.40. The minimum absolute atomic E-state index is 0.0375. The highest BCUT2D eigenvalue weighted by Gasteiger charge is 2.21. The molecule has 84 valence electrons. The minimum atomic E-state index is -4.07. The van der Waals surface area contributed by atoms with E-state index < -0.39 is 32.1 Å². The van der Waals surface area contributed by atoms with E-state index in [0.29, 0.717) is 0 Å². The molecule has 0 spiro atoms. The summed E-state index contributed by atoms with van der Waals surface area (Å²) in [5.41, 5.74) is -0.652. The van der Waals surface area contributed by atoms with Gasteiger partial charge >= 0.3 is 0 Å². The zero-order valence-corrected chi connectivity index (χ0v) is 10.6. The van der Waals surface area contributed by atoms with Crippen LogP contribution in [-0.4, -0.2) is 13.4 Å². The zero-order chi connectivity index (χ0) is 11.8. The molecule has 0 bridgehead atoms. The van der Waals surface area contributed by atoms with Gasteiger partial charge < -0.3 is 0 Å². The van der Waals surface area contributed by atoms with Crippen LogP contribution in [0.4, 0.5) is 8.78 Å². The van der Waals surface area contributed by atoms with E-state index in [9.17, 15) is 17.2 Å². The first-order chi connectivity index (χ1) is 6.73. The number of rotatable bonds is 2. The second-order valence-corrected chi connectivity index (χ2v) is 5.41. The third-order valence-electron chi connectivity index (χ3n) is 1.47. The van der Waals surface area contributed by atoms with Gasteiger partial charge in [-0.1, -0.05) is 11.6 Å². The second-order valence-electron chi connectivity index (χ2n) is 2.50. The van der Waals surface area contributed by atoms with Crippen LogP contribution in [-0.2, 0) is 10.0 Å². The third-order valence-corrected chi connectivity index (χ3v) is 3.88. The molecule has 15 heavy (non-hydrogen) atoms. The Morgan fingerprint density at radius 2 is 2.07 bits per heavy atom. The Morgan fingerprint density at radius 1 is 1.53 bits per heavy atom. The SMILES string of the molecule is NS(=O)(=O)c1cc(C(F)F)c(Cl)nc1I. The van der Waals surface area contributed by atoms with Crippen molar-refractivity contribution in [3.05, 3.63) is 20.5 Å². The molecule has 1 rings (SSSR count). The predicted molar refractivity (Wildman–Crippen MR) is 58.3 cm³/mol. The molecule has 1 heterocycles. The third kappa shape index (κ3) is 2.95. The molecule has 9 heteroatoms. The molecule has 0 aliphatic rings. The van der Waals surface area contributed by atoms with Crippen LogP contribution in [0.1, 0.15) is 12.0 Å². The van der Waals surface area contributed by atoms with Gasteiger partial charge in [0.1, 0.15) is 13.7 Å². The Labute approximate surface area is 103 Å². The van der Waals surface area contributed by atoms with Gasteiger partial charge in [0.05, 0.1) is 5.56 Å². The molecule has 0 fully saturated rings. The molecular weight excluding hydrogens is 364 g/mol. The van der Waals surface area contributed by atoms with E-state index in [0.717, 1.165) is 6.07 Å². The lowest BCUT2D eigenvalue weighted by molar-refractivity contribution is 0.150. The van der Waals surface area contributed by atoms with Crippen LogP contribution in [0.25, 0.3) is 0 Å². The van der Waals surface area contributed by atoms with Crippen molar-refractivity contribution in [2.24, 2.45) is 5.14 Å². The highest BCUT2D eigenvalue weighted by molar-refractivity contribution is 14.1. The standard InChI is InChI=1S/C6H4ClF2IN2O2S/c7-4-2(5(8)9)1-3(6(10)12-4)15(11,13)14/h1,5H,(H2,11,13,14). The maximum Gasteiger partial charge on any atom is 0.266 e. The Bertz CT molecular complexity index is 494. The van der Waals surface area contributed by atoms with E-state index in [1.54, 1.807) is 22.6 Å². The number of primary sulfonamides is 1. The summed E-state index contributed by atoms with van der Waals surface area (Å²) in [7, 11) is -4.07. The first-order valence-electron chi connectivity index (χ1n) is 3.40. The summed E-state index contributed by atoms with van der Waals surface area (Å²) in [6.45, 7) is 0. The highest BCUT2D eigenvalue weighted by Crippen LogP contribution is 2.29. The van der Waals surface area contributed by atoms with E-state index in [2.05, 4.69) is 4.98 Å². The summed E-state index contributed by atoms with van der Waals surface area (Å²) in [5.74, 6) is 0. The molecule has 0 atom stereocenters. The number of sulfonamides is 1. The van der Waals surface area contributed by atoms with Gasteiger partial charge in [-0.2, -0.15) is 0 Å². The molecule has 0 aliphatic heterocycles. The quantitative estimate of drug-likeness (QED) is 0.640. The molecule has 1 aromatic rings. The van der Waals surface area contributed by atoms with Crippen LogP contribution in [0.3, 0.4) is 0 Å². The molecule has 0 saturated heterocycles. The van der Waals surface area contributed by atoms with Crippen LogP contribution in [0.15, 0.2) is 11.0 Å². The molecule has 0 aliphatic carbocycles. The van der Waals surface area contributed by atoms with Crippen LogP contribution in [0, 0.1) is 3.70 Å². The van der Waals surface area contributed by atoms with Gasteiger partial charge in [0, 0.05) is 0 Å². The number of alkyl halides is 2. The van der Waals surface area contributed by atoms with Crippen molar-refractivity contribution in [2.45, 2.75) is 11.3 Å². The summed E-state index contributed by atoms with van der Waals surface area (Å²) in [6.07, 6.45) is -2.90. The fourth-order valence-electron chi connectivity index (χ4n) is 0.819. The summed E-state index contributed by atoms with van der Waals surface area (Å²) in [5, 5.41) is 4.39. The van der Waals surface area contributed by atoms with Gasteiger partial charge in [-0.05, 0) is 28.7 Å². The van der Waals surface area contributed by atoms with Crippen molar-refractivity contribution >= 4 is 44.2 Å². The smallest absolute Gasteiger partial charge is 0.228 e. The molecule has 2 N–H and O–H groups in total. The van der Waals surface area contributed by atoms with Gasteiger partial charge in [0.2, 0.25) is 10.0 Å². The second kappa shape index (κ2) is 4.44. The van der Waals surface area contributed by atoms with Crippen LogP contribution < -0.4 is 5.14 Å². The van der Waals surface area contributed by atoms with Crippen LogP contribution in [0.2, 0.25) is 5.15 Å². The number of nitrogens with zero attached hydrogens (tertiary/aromatic N) is 1. The zero-order valence-electron chi connectivity index (χ0n) is 6.92. The monoisotopic (exact) mass is 368 g/mol. The van der Waals surface area contributed by atoms with E-state index in [1.807, 2.05) is 0 Å². The van der Waals surface area contributed by atoms with Gasteiger partial charge in [-0.25, -0.2) is 27.3 Å². The van der Waals surface area contributed by atoms with Gasteiger partial charge in [0.25, 0.3) is 6.43 Å². The van der Waals surface area contributed by atoms with E-state index in [-0.39, 0.29) is 3.70 Å². The maximum atomic E-state index is 12.4. The molecule has 0 radical (unpaired) electrons. The Morgan fingerprint density at radius 3 is 2.47 bits per heavy atom. The van der Waals surface area contributed by atoms with Gasteiger partial charge in [-0.3, -0.25) is 0 Å². The lowest BCUT2D eigenvalue weighted by Crippen LogP contribution is -2.15. The molecule has 0 saturated carbocycles. The van der Waals surface area contributed by atoms with Crippen molar-refractivity contribution < 1.29 is 17.2 Å². The lowest BCUT2D eigenvalue weighted by Gasteiger charge is -2.06. The molecule has 1 aromatic heterocycles. The normalized spacial score (nSPS) is 12.1.